The van der Waals surface area contributed by atoms with Crippen molar-refractivity contribution in [3.8, 4) is 5.75 Å². The third-order valence-electron chi connectivity index (χ3n) is 3.65. The predicted octanol–water partition coefficient (Wildman–Crippen LogP) is 3.55. The van der Waals surface area contributed by atoms with Crippen LogP contribution < -0.4 is 10.1 Å². The zero-order chi connectivity index (χ0) is 14.4. The molecule has 0 amide bonds. The Hall–Kier alpha value is -1.06. The average Bonchev–Trinajstić information content (AvgIpc) is 3.26. The largest absolute Gasteiger partial charge is 0.497 e. The second-order valence-corrected chi connectivity index (χ2v) is 6.00. The number of methoxy groups -OCH3 is 1. The lowest BCUT2D eigenvalue weighted by molar-refractivity contribution is 0.0454. The molecule has 3 heteroatoms. The molecule has 3 nitrogen and oxygen atoms in total. The number of rotatable bonds is 9. The Balaban J connectivity index is 1.94. The van der Waals surface area contributed by atoms with Gasteiger partial charge in [-0.25, -0.2) is 0 Å². The normalized spacial score (nSPS) is 16.4. The van der Waals surface area contributed by atoms with E-state index >= 15 is 0 Å². The van der Waals surface area contributed by atoms with Crippen molar-refractivity contribution in [2.45, 2.75) is 45.3 Å². The molecule has 112 valence electrons. The third kappa shape index (κ3) is 5.14. The van der Waals surface area contributed by atoms with E-state index < -0.39 is 0 Å². The summed E-state index contributed by atoms with van der Waals surface area (Å²) in [5.74, 6) is 1.57. The zero-order valence-electron chi connectivity index (χ0n) is 12.9. The Morgan fingerprint density at radius 2 is 2.10 bits per heavy atom. The maximum Gasteiger partial charge on any atom is 0.119 e. The van der Waals surface area contributed by atoms with Crippen LogP contribution in [0.25, 0.3) is 0 Å². The van der Waals surface area contributed by atoms with E-state index in [9.17, 15) is 0 Å². The molecule has 1 N–H and O–H groups in total. The first kappa shape index (κ1) is 15.3. The average molecular weight is 277 g/mol. The highest BCUT2D eigenvalue weighted by atomic mass is 16.5. The first-order valence-electron chi connectivity index (χ1n) is 7.68. The second kappa shape index (κ2) is 7.65. The second-order valence-electron chi connectivity index (χ2n) is 6.00. The van der Waals surface area contributed by atoms with Gasteiger partial charge in [0, 0.05) is 19.2 Å². The van der Waals surface area contributed by atoms with E-state index in [4.69, 9.17) is 9.47 Å². The highest BCUT2D eigenvalue weighted by Crippen LogP contribution is 2.24. The molecule has 0 radical (unpaired) electrons. The van der Waals surface area contributed by atoms with Crippen LogP contribution in [-0.4, -0.2) is 26.3 Å². The first-order valence-corrected chi connectivity index (χ1v) is 7.68. The van der Waals surface area contributed by atoms with E-state index in [1.54, 1.807) is 7.11 Å². The monoisotopic (exact) mass is 277 g/mol. The number of hydrogen-bond acceptors (Lipinski definition) is 3. The Kier molecular flexibility index (Phi) is 5.86. The van der Waals surface area contributed by atoms with Crippen LogP contribution in [-0.2, 0) is 4.74 Å². The Bertz CT molecular complexity index is 402. The molecule has 20 heavy (non-hydrogen) atoms. The molecule has 1 fully saturated rings. The molecule has 0 aromatic heterocycles. The van der Waals surface area contributed by atoms with Crippen LogP contribution in [0.1, 0.15) is 44.8 Å². The summed E-state index contributed by atoms with van der Waals surface area (Å²) in [6, 6.07) is 8.91. The van der Waals surface area contributed by atoms with Crippen LogP contribution >= 0.6 is 0 Å². The fourth-order valence-electron chi connectivity index (χ4n) is 2.12. The molecule has 1 aromatic carbocycles. The fourth-order valence-corrected chi connectivity index (χ4v) is 2.12. The van der Waals surface area contributed by atoms with E-state index in [-0.39, 0.29) is 6.10 Å². The molecule has 1 atom stereocenters. The molecule has 1 aliphatic carbocycles. The minimum atomic E-state index is 0.115. The van der Waals surface area contributed by atoms with Crippen molar-refractivity contribution in [1.82, 2.24) is 5.32 Å². The van der Waals surface area contributed by atoms with Crippen LogP contribution in [0.3, 0.4) is 0 Å². The van der Waals surface area contributed by atoms with Gasteiger partial charge in [0.25, 0.3) is 0 Å². The van der Waals surface area contributed by atoms with Crippen LogP contribution in [0.4, 0.5) is 0 Å². The standard InChI is InChI=1S/C17H27NO2/c1-13(2)9-10-20-17(12-18-15-7-8-15)14-5-4-6-16(11-14)19-3/h4-6,11,13,15,17-18H,7-10,12H2,1-3H3. The van der Waals surface area contributed by atoms with Gasteiger partial charge in [-0.2, -0.15) is 0 Å². The van der Waals surface area contributed by atoms with Crippen molar-refractivity contribution in [1.29, 1.82) is 0 Å². The van der Waals surface area contributed by atoms with Crippen LogP contribution in [0.5, 0.6) is 5.75 Å². The van der Waals surface area contributed by atoms with Gasteiger partial charge < -0.3 is 14.8 Å². The van der Waals surface area contributed by atoms with Crippen LogP contribution in [0.2, 0.25) is 0 Å². The van der Waals surface area contributed by atoms with E-state index in [1.165, 1.54) is 18.4 Å². The molecule has 2 rings (SSSR count). The summed E-state index contributed by atoms with van der Waals surface area (Å²) in [7, 11) is 1.70. The Morgan fingerprint density at radius 1 is 1.30 bits per heavy atom. The lowest BCUT2D eigenvalue weighted by Gasteiger charge is -2.20. The van der Waals surface area contributed by atoms with Crippen molar-refractivity contribution < 1.29 is 9.47 Å². The van der Waals surface area contributed by atoms with Gasteiger partial charge in [0.1, 0.15) is 5.75 Å². The maximum atomic E-state index is 6.10. The van der Waals surface area contributed by atoms with Gasteiger partial charge in [0.2, 0.25) is 0 Å². The number of nitrogens with one attached hydrogen (secondary N) is 1. The molecule has 0 heterocycles. The quantitative estimate of drug-likeness (QED) is 0.749. The predicted molar refractivity (Wildman–Crippen MR) is 82.2 cm³/mol. The van der Waals surface area contributed by atoms with Crippen molar-refractivity contribution in [3.05, 3.63) is 29.8 Å². The maximum absolute atomic E-state index is 6.10. The lowest BCUT2D eigenvalue weighted by atomic mass is 10.1. The highest BCUT2D eigenvalue weighted by molar-refractivity contribution is 5.30. The van der Waals surface area contributed by atoms with Gasteiger partial charge in [-0.3, -0.25) is 0 Å². The van der Waals surface area contributed by atoms with Crippen molar-refractivity contribution in [3.63, 3.8) is 0 Å². The van der Waals surface area contributed by atoms with Gasteiger partial charge in [0.15, 0.2) is 0 Å². The Labute approximate surface area is 122 Å². The SMILES string of the molecule is COc1cccc(C(CNC2CC2)OCCC(C)C)c1. The molecular weight excluding hydrogens is 250 g/mol. The molecule has 1 unspecified atom stereocenters. The van der Waals surface area contributed by atoms with Crippen molar-refractivity contribution in [2.75, 3.05) is 20.3 Å². The van der Waals surface area contributed by atoms with Crippen LogP contribution in [0, 0.1) is 5.92 Å². The molecule has 0 spiro atoms. The summed E-state index contributed by atoms with van der Waals surface area (Å²) in [6.07, 6.45) is 3.82. The minimum absolute atomic E-state index is 0.115. The zero-order valence-corrected chi connectivity index (χ0v) is 12.9. The summed E-state index contributed by atoms with van der Waals surface area (Å²) < 4.78 is 11.4. The molecule has 0 saturated heterocycles. The van der Waals surface area contributed by atoms with Crippen molar-refractivity contribution >= 4 is 0 Å². The van der Waals surface area contributed by atoms with Gasteiger partial charge in [-0.1, -0.05) is 26.0 Å². The Morgan fingerprint density at radius 3 is 2.75 bits per heavy atom. The molecule has 1 saturated carbocycles. The summed E-state index contributed by atoms with van der Waals surface area (Å²) >= 11 is 0. The fraction of sp³-hybridized carbons (Fsp3) is 0.647. The summed E-state index contributed by atoms with van der Waals surface area (Å²) in [6.45, 7) is 6.15. The smallest absolute Gasteiger partial charge is 0.119 e. The summed E-state index contributed by atoms with van der Waals surface area (Å²) in [5.41, 5.74) is 1.20. The van der Waals surface area contributed by atoms with E-state index in [1.807, 2.05) is 12.1 Å². The molecule has 1 aliphatic rings. The number of ether oxygens (including phenoxy) is 2. The van der Waals surface area contributed by atoms with Gasteiger partial charge >= 0.3 is 0 Å². The van der Waals surface area contributed by atoms with Gasteiger partial charge in [0.05, 0.1) is 13.2 Å². The topological polar surface area (TPSA) is 30.5 Å². The van der Waals surface area contributed by atoms with Crippen molar-refractivity contribution in [2.24, 2.45) is 5.92 Å². The van der Waals surface area contributed by atoms with E-state index in [0.717, 1.165) is 25.3 Å². The number of benzene rings is 1. The number of hydrogen-bond donors (Lipinski definition) is 1. The molecule has 1 aromatic rings. The first-order chi connectivity index (χ1) is 9.69. The minimum Gasteiger partial charge on any atom is -0.497 e. The lowest BCUT2D eigenvalue weighted by Crippen LogP contribution is -2.25. The van der Waals surface area contributed by atoms with E-state index in [2.05, 4.69) is 31.3 Å². The summed E-state index contributed by atoms with van der Waals surface area (Å²) in [4.78, 5) is 0. The van der Waals surface area contributed by atoms with Gasteiger partial charge in [-0.05, 0) is 42.9 Å². The molecule has 0 aliphatic heterocycles. The van der Waals surface area contributed by atoms with Gasteiger partial charge in [-0.15, -0.1) is 0 Å². The summed E-state index contributed by atoms with van der Waals surface area (Å²) in [5, 5.41) is 3.56. The molecule has 0 bridgehead atoms. The highest BCUT2D eigenvalue weighted by Gasteiger charge is 2.23. The van der Waals surface area contributed by atoms with Crippen LogP contribution in [0.15, 0.2) is 24.3 Å². The van der Waals surface area contributed by atoms with E-state index in [0.29, 0.717) is 12.0 Å². The molecular formula is C17H27NO2. The third-order valence-corrected chi connectivity index (χ3v) is 3.65.